The average molecular weight is 483 g/mol. The van der Waals surface area contributed by atoms with E-state index in [1.54, 1.807) is 0 Å². The molecule has 0 saturated carbocycles. The van der Waals surface area contributed by atoms with Crippen molar-refractivity contribution in [3.8, 4) is 0 Å². The molecule has 0 fully saturated rings. The molecule has 0 aliphatic heterocycles. The first-order chi connectivity index (χ1) is 16.5. The third kappa shape index (κ3) is 24.1. The number of unbranched alkanes of at least 4 members (excludes halogenated alkanes) is 15. The lowest BCUT2D eigenvalue weighted by Gasteiger charge is -2.11. The molecule has 0 aromatic carbocycles. The molecule has 2 atom stereocenters. The Morgan fingerprint density at radius 2 is 0.706 bits per heavy atom. The highest BCUT2D eigenvalue weighted by atomic mass is 16.5. The second kappa shape index (κ2) is 25.0. The Hall–Kier alpha value is -1.06. The van der Waals surface area contributed by atoms with E-state index in [4.69, 9.17) is 9.47 Å². The van der Waals surface area contributed by atoms with Gasteiger partial charge in [0.25, 0.3) is 0 Å². The molecule has 0 rings (SSSR count). The maximum atomic E-state index is 11.7. The van der Waals surface area contributed by atoms with Gasteiger partial charge in [0.05, 0.1) is 12.2 Å². The fraction of sp³-hybridized carbons (Fsp3) is 0.933. The van der Waals surface area contributed by atoms with Crippen LogP contribution in [0.25, 0.3) is 0 Å². The topological polar surface area (TPSA) is 52.6 Å². The van der Waals surface area contributed by atoms with Crippen LogP contribution in [0, 0.1) is 0 Å². The fourth-order valence-electron chi connectivity index (χ4n) is 4.51. The van der Waals surface area contributed by atoms with E-state index in [-0.39, 0.29) is 24.1 Å². The van der Waals surface area contributed by atoms with Crippen molar-refractivity contribution in [3.05, 3.63) is 0 Å². The maximum Gasteiger partial charge on any atom is 0.306 e. The van der Waals surface area contributed by atoms with Gasteiger partial charge in [0, 0.05) is 12.8 Å². The third-order valence-corrected chi connectivity index (χ3v) is 6.57. The van der Waals surface area contributed by atoms with Crippen molar-refractivity contribution in [1.29, 1.82) is 0 Å². The molecule has 0 aliphatic carbocycles. The van der Waals surface area contributed by atoms with Crippen LogP contribution in [0.2, 0.25) is 0 Å². The molecule has 0 aliphatic rings. The smallest absolute Gasteiger partial charge is 0.306 e. The summed E-state index contributed by atoms with van der Waals surface area (Å²) in [5.74, 6) is -0.0363. The van der Waals surface area contributed by atoms with E-state index in [1.165, 1.54) is 77.0 Å². The van der Waals surface area contributed by atoms with E-state index in [2.05, 4.69) is 13.8 Å². The summed E-state index contributed by atoms with van der Waals surface area (Å²) in [5.41, 5.74) is 0. The molecule has 0 spiro atoms. The SMILES string of the molecule is CCCC(C)OC(=O)CCCCCCCCCCCCCCCCCCC(=O)OC(C)CCC. The van der Waals surface area contributed by atoms with Crippen LogP contribution in [0.4, 0.5) is 0 Å². The standard InChI is InChI=1S/C30H58O4/c1-5-23-27(3)33-29(31)25-21-19-17-15-13-11-9-7-8-10-12-14-16-18-20-22-26-30(32)34-28(4)24-6-2/h27-28H,5-26H2,1-4H3. The van der Waals surface area contributed by atoms with Crippen molar-refractivity contribution in [2.75, 3.05) is 0 Å². The zero-order valence-electron chi connectivity index (χ0n) is 23.3. The van der Waals surface area contributed by atoms with Crippen LogP contribution in [0.15, 0.2) is 0 Å². The zero-order valence-corrected chi connectivity index (χ0v) is 23.3. The summed E-state index contributed by atoms with van der Waals surface area (Å²) in [6.45, 7) is 8.21. The Bertz CT molecular complexity index is 421. The van der Waals surface area contributed by atoms with Crippen LogP contribution < -0.4 is 0 Å². The van der Waals surface area contributed by atoms with Gasteiger partial charge in [-0.2, -0.15) is 0 Å². The van der Waals surface area contributed by atoms with Gasteiger partial charge in [-0.25, -0.2) is 0 Å². The molecule has 202 valence electrons. The second-order valence-electron chi connectivity index (χ2n) is 10.3. The third-order valence-electron chi connectivity index (χ3n) is 6.57. The normalized spacial score (nSPS) is 12.9. The molecule has 0 N–H and O–H groups in total. The number of rotatable bonds is 25. The first kappa shape index (κ1) is 32.9. The van der Waals surface area contributed by atoms with Crippen LogP contribution in [-0.2, 0) is 19.1 Å². The van der Waals surface area contributed by atoms with E-state index in [0.29, 0.717) is 12.8 Å². The Morgan fingerprint density at radius 3 is 0.941 bits per heavy atom. The van der Waals surface area contributed by atoms with E-state index < -0.39 is 0 Å². The Balaban J connectivity index is 3.23. The quantitative estimate of drug-likeness (QED) is 0.0960. The van der Waals surface area contributed by atoms with Crippen LogP contribution >= 0.6 is 0 Å². The average Bonchev–Trinajstić information content (AvgIpc) is 2.78. The first-order valence-electron chi connectivity index (χ1n) is 14.9. The number of hydrogen-bond acceptors (Lipinski definition) is 4. The molecule has 0 aromatic rings. The Labute approximate surface area is 212 Å². The number of ether oxygens (including phenoxy) is 2. The van der Waals surface area contributed by atoms with E-state index in [1.807, 2.05) is 13.8 Å². The van der Waals surface area contributed by atoms with E-state index >= 15 is 0 Å². The predicted octanol–water partition coefficient (Wildman–Crippen LogP) is 9.47. The molecule has 0 bridgehead atoms. The summed E-state index contributed by atoms with van der Waals surface area (Å²) in [5, 5.41) is 0. The number of carbonyl (C=O) groups is 2. The fourth-order valence-corrected chi connectivity index (χ4v) is 4.51. The summed E-state index contributed by atoms with van der Waals surface area (Å²) in [4.78, 5) is 23.4. The largest absolute Gasteiger partial charge is 0.463 e. The van der Waals surface area contributed by atoms with E-state index in [0.717, 1.165) is 51.4 Å². The zero-order chi connectivity index (χ0) is 25.3. The summed E-state index contributed by atoms with van der Waals surface area (Å²) in [6, 6.07) is 0. The lowest BCUT2D eigenvalue weighted by Crippen LogP contribution is -2.14. The summed E-state index contributed by atoms with van der Waals surface area (Å²) >= 11 is 0. The van der Waals surface area contributed by atoms with Gasteiger partial charge in [0.15, 0.2) is 0 Å². The second-order valence-corrected chi connectivity index (χ2v) is 10.3. The van der Waals surface area contributed by atoms with Gasteiger partial charge in [0.2, 0.25) is 0 Å². The van der Waals surface area contributed by atoms with Gasteiger partial charge in [-0.1, -0.05) is 117 Å². The van der Waals surface area contributed by atoms with Crippen molar-refractivity contribution >= 4 is 11.9 Å². The van der Waals surface area contributed by atoms with Crippen molar-refractivity contribution in [2.45, 2.75) is 181 Å². The first-order valence-corrected chi connectivity index (χ1v) is 14.9. The highest BCUT2D eigenvalue weighted by molar-refractivity contribution is 5.69. The molecule has 0 radical (unpaired) electrons. The summed E-state index contributed by atoms with van der Waals surface area (Å²) in [7, 11) is 0. The van der Waals surface area contributed by atoms with Crippen LogP contribution in [-0.4, -0.2) is 24.1 Å². The van der Waals surface area contributed by atoms with Crippen molar-refractivity contribution in [1.82, 2.24) is 0 Å². The van der Waals surface area contributed by atoms with Gasteiger partial charge in [0.1, 0.15) is 0 Å². The van der Waals surface area contributed by atoms with Gasteiger partial charge >= 0.3 is 11.9 Å². The van der Waals surface area contributed by atoms with Gasteiger partial charge in [-0.05, 0) is 39.5 Å². The molecule has 4 heteroatoms. The molecular weight excluding hydrogens is 424 g/mol. The minimum atomic E-state index is -0.0181. The highest BCUT2D eigenvalue weighted by Crippen LogP contribution is 2.15. The van der Waals surface area contributed by atoms with Crippen molar-refractivity contribution < 1.29 is 19.1 Å². The lowest BCUT2D eigenvalue weighted by atomic mass is 10.0. The minimum Gasteiger partial charge on any atom is -0.463 e. The van der Waals surface area contributed by atoms with E-state index in [9.17, 15) is 9.59 Å². The van der Waals surface area contributed by atoms with Gasteiger partial charge < -0.3 is 9.47 Å². The molecule has 0 saturated heterocycles. The van der Waals surface area contributed by atoms with Crippen LogP contribution in [0.5, 0.6) is 0 Å². The minimum absolute atomic E-state index is 0.0181. The number of carbonyl (C=O) groups excluding carboxylic acids is 2. The van der Waals surface area contributed by atoms with Crippen LogP contribution in [0.3, 0.4) is 0 Å². The summed E-state index contributed by atoms with van der Waals surface area (Å²) in [6.07, 6.45) is 25.6. The highest BCUT2D eigenvalue weighted by Gasteiger charge is 2.09. The molecule has 0 aromatic heterocycles. The number of esters is 2. The molecule has 2 unspecified atom stereocenters. The molecule has 34 heavy (non-hydrogen) atoms. The summed E-state index contributed by atoms with van der Waals surface area (Å²) < 4.78 is 10.8. The monoisotopic (exact) mass is 482 g/mol. The molecule has 0 amide bonds. The van der Waals surface area contributed by atoms with Gasteiger partial charge in [-0.15, -0.1) is 0 Å². The Kier molecular flexibility index (Phi) is 24.3. The number of hydrogen-bond donors (Lipinski definition) is 0. The molecular formula is C30H58O4. The lowest BCUT2D eigenvalue weighted by molar-refractivity contribution is -0.149. The molecule has 0 heterocycles. The molecule has 4 nitrogen and oxygen atoms in total. The van der Waals surface area contributed by atoms with Crippen molar-refractivity contribution in [3.63, 3.8) is 0 Å². The Morgan fingerprint density at radius 1 is 0.471 bits per heavy atom. The van der Waals surface area contributed by atoms with Gasteiger partial charge in [-0.3, -0.25) is 9.59 Å². The van der Waals surface area contributed by atoms with Crippen LogP contribution in [0.1, 0.15) is 169 Å². The van der Waals surface area contributed by atoms with Crippen molar-refractivity contribution in [2.24, 2.45) is 0 Å². The maximum absolute atomic E-state index is 11.7. The predicted molar refractivity (Wildman–Crippen MR) is 144 cm³/mol.